The van der Waals surface area contributed by atoms with Crippen LogP contribution in [-0.4, -0.2) is 63.0 Å². The molecule has 3 atom stereocenters. The number of sulfone groups is 1. The second kappa shape index (κ2) is 6.41. The molecule has 2 aliphatic rings. The van der Waals surface area contributed by atoms with Gasteiger partial charge in [-0.15, -0.1) is 0 Å². The number of nitrogens with zero attached hydrogens (tertiary/aromatic N) is 1. The second-order valence-electron chi connectivity index (χ2n) is 6.08. The van der Waals surface area contributed by atoms with Gasteiger partial charge in [0.2, 0.25) is 5.91 Å². The highest BCUT2D eigenvalue weighted by Gasteiger charge is 2.32. The van der Waals surface area contributed by atoms with Crippen molar-refractivity contribution in [2.75, 3.05) is 31.6 Å². The summed E-state index contributed by atoms with van der Waals surface area (Å²) in [6.45, 7) is 0.981. The number of nitrogens with one attached hydrogen (secondary N) is 1. The van der Waals surface area contributed by atoms with Gasteiger partial charge in [0.25, 0.3) is 0 Å². The minimum Gasteiger partial charge on any atom is -0.351 e. The number of rotatable bonds is 5. The van der Waals surface area contributed by atoms with Crippen LogP contribution in [0, 0.1) is 5.92 Å². The highest BCUT2D eigenvalue weighted by atomic mass is 32.2. The summed E-state index contributed by atoms with van der Waals surface area (Å²) < 4.78 is 22.7. The minimum atomic E-state index is -2.94. The first-order chi connectivity index (χ1) is 9.41. The van der Waals surface area contributed by atoms with Crippen molar-refractivity contribution in [1.82, 2.24) is 10.2 Å². The third-order valence-electron chi connectivity index (χ3n) is 4.48. The van der Waals surface area contributed by atoms with Crippen LogP contribution < -0.4 is 11.1 Å². The predicted molar refractivity (Wildman–Crippen MR) is 78.0 cm³/mol. The Labute approximate surface area is 121 Å². The van der Waals surface area contributed by atoms with E-state index < -0.39 is 9.84 Å². The van der Waals surface area contributed by atoms with Gasteiger partial charge in [0.1, 0.15) is 0 Å². The van der Waals surface area contributed by atoms with Gasteiger partial charge in [0.05, 0.1) is 18.1 Å². The minimum absolute atomic E-state index is 0.0807. The first-order valence-electron chi connectivity index (χ1n) is 7.31. The molecule has 1 heterocycles. The number of hydrogen-bond donors (Lipinski definition) is 2. The molecule has 116 valence electrons. The van der Waals surface area contributed by atoms with Crippen molar-refractivity contribution in [1.29, 1.82) is 0 Å². The van der Waals surface area contributed by atoms with Gasteiger partial charge in [0, 0.05) is 12.1 Å². The van der Waals surface area contributed by atoms with Crippen molar-refractivity contribution in [2.45, 2.75) is 37.8 Å². The van der Waals surface area contributed by atoms with Crippen LogP contribution in [0.3, 0.4) is 0 Å². The maximum absolute atomic E-state index is 12.0. The Morgan fingerprint density at radius 1 is 1.35 bits per heavy atom. The van der Waals surface area contributed by atoms with Crippen LogP contribution in [0.25, 0.3) is 0 Å². The van der Waals surface area contributed by atoms with Crippen molar-refractivity contribution in [3.05, 3.63) is 0 Å². The number of likely N-dealkylation sites (N-methyl/N-ethyl adjacent to an activating group) is 1. The van der Waals surface area contributed by atoms with Crippen LogP contribution in [0.15, 0.2) is 0 Å². The van der Waals surface area contributed by atoms with Crippen LogP contribution in [0.1, 0.15) is 25.7 Å². The average molecular weight is 303 g/mol. The van der Waals surface area contributed by atoms with E-state index in [1.165, 1.54) is 6.42 Å². The third kappa shape index (κ3) is 3.93. The summed E-state index contributed by atoms with van der Waals surface area (Å²) in [4.78, 5) is 14.1. The van der Waals surface area contributed by atoms with E-state index in [0.717, 1.165) is 12.8 Å². The molecule has 0 aromatic heterocycles. The number of hydrogen-bond acceptors (Lipinski definition) is 5. The van der Waals surface area contributed by atoms with Gasteiger partial charge < -0.3 is 11.1 Å². The lowest BCUT2D eigenvalue weighted by Crippen LogP contribution is -2.46. The quantitative estimate of drug-likeness (QED) is 0.704. The fourth-order valence-corrected chi connectivity index (χ4v) is 5.07. The van der Waals surface area contributed by atoms with E-state index in [4.69, 9.17) is 5.73 Å². The molecule has 1 amide bonds. The zero-order valence-electron chi connectivity index (χ0n) is 12.0. The zero-order valence-corrected chi connectivity index (χ0v) is 12.9. The van der Waals surface area contributed by atoms with E-state index in [9.17, 15) is 13.2 Å². The van der Waals surface area contributed by atoms with Gasteiger partial charge in [-0.25, -0.2) is 8.42 Å². The summed E-state index contributed by atoms with van der Waals surface area (Å²) in [7, 11) is -0.995. The standard InChI is InChI=1S/C13H25N3O3S/c1-16(12-4-2-3-10(12)7-14)8-13(17)15-11-5-6-20(18,19)9-11/h10-12H,2-9,14H2,1H3,(H,15,17). The molecule has 1 saturated heterocycles. The van der Waals surface area contributed by atoms with Crippen molar-refractivity contribution < 1.29 is 13.2 Å². The molecule has 0 bridgehead atoms. The van der Waals surface area contributed by atoms with Crippen LogP contribution in [0.4, 0.5) is 0 Å². The van der Waals surface area contributed by atoms with Gasteiger partial charge in [-0.3, -0.25) is 9.69 Å². The maximum Gasteiger partial charge on any atom is 0.234 e. The third-order valence-corrected chi connectivity index (χ3v) is 6.25. The Balaban J connectivity index is 1.79. The van der Waals surface area contributed by atoms with Gasteiger partial charge in [0.15, 0.2) is 9.84 Å². The maximum atomic E-state index is 12.0. The van der Waals surface area contributed by atoms with E-state index in [-0.39, 0.29) is 23.5 Å². The molecule has 6 nitrogen and oxygen atoms in total. The van der Waals surface area contributed by atoms with E-state index in [1.54, 1.807) is 0 Å². The number of amides is 1. The zero-order chi connectivity index (χ0) is 14.8. The van der Waals surface area contributed by atoms with E-state index in [2.05, 4.69) is 10.2 Å². The molecule has 0 spiro atoms. The fraction of sp³-hybridized carbons (Fsp3) is 0.923. The Morgan fingerprint density at radius 2 is 2.10 bits per heavy atom. The molecule has 0 aromatic carbocycles. The molecule has 7 heteroatoms. The molecular formula is C13H25N3O3S. The van der Waals surface area contributed by atoms with Gasteiger partial charge >= 0.3 is 0 Å². The predicted octanol–water partition coefficient (Wildman–Crippen LogP) is -0.651. The molecule has 1 aliphatic heterocycles. The van der Waals surface area contributed by atoms with E-state index >= 15 is 0 Å². The molecular weight excluding hydrogens is 278 g/mol. The van der Waals surface area contributed by atoms with Gasteiger partial charge in [-0.2, -0.15) is 0 Å². The van der Waals surface area contributed by atoms with Gasteiger partial charge in [-0.05, 0) is 38.8 Å². The summed E-state index contributed by atoms with van der Waals surface area (Å²) in [6, 6.07) is 0.160. The van der Waals surface area contributed by atoms with Crippen LogP contribution in [-0.2, 0) is 14.6 Å². The lowest BCUT2D eigenvalue weighted by Gasteiger charge is -2.28. The topological polar surface area (TPSA) is 92.5 Å². The number of carbonyl (C=O) groups is 1. The molecule has 20 heavy (non-hydrogen) atoms. The highest BCUT2D eigenvalue weighted by molar-refractivity contribution is 7.91. The summed E-state index contributed by atoms with van der Waals surface area (Å²) in [5.74, 6) is 0.653. The number of nitrogens with two attached hydrogens (primary N) is 1. The SMILES string of the molecule is CN(CC(=O)NC1CCS(=O)(=O)C1)C1CCCC1CN. The summed E-state index contributed by atoms with van der Waals surface area (Å²) >= 11 is 0. The summed E-state index contributed by atoms with van der Waals surface area (Å²) in [5, 5.41) is 2.83. The molecule has 2 rings (SSSR count). The normalized spacial score (nSPS) is 32.6. The first-order valence-corrected chi connectivity index (χ1v) is 9.13. The lowest BCUT2D eigenvalue weighted by molar-refractivity contribution is -0.123. The highest BCUT2D eigenvalue weighted by Crippen LogP contribution is 2.28. The lowest BCUT2D eigenvalue weighted by atomic mass is 10.0. The summed E-state index contributed by atoms with van der Waals surface area (Å²) in [6.07, 6.45) is 3.92. The van der Waals surface area contributed by atoms with Gasteiger partial charge in [-0.1, -0.05) is 6.42 Å². The molecule has 0 aromatic rings. The second-order valence-corrected chi connectivity index (χ2v) is 8.31. The molecule has 3 unspecified atom stereocenters. The molecule has 3 N–H and O–H groups in total. The Kier molecular flexibility index (Phi) is 5.04. The smallest absolute Gasteiger partial charge is 0.234 e. The van der Waals surface area contributed by atoms with E-state index in [0.29, 0.717) is 31.5 Å². The van der Waals surface area contributed by atoms with Crippen LogP contribution in [0.2, 0.25) is 0 Å². The van der Waals surface area contributed by atoms with Crippen molar-refractivity contribution in [2.24, 2.45) is 11.7 Å². The van der Waals surface area contributed by atoms with Crippen LogP contribution in [0.5, 0.6) is 0 Å². The Hall–Kier alpha value is -0.660. The van der Waals surface area contributed by atoms with Crippen molar-refractivity contribution in [3.63, 3.8) is 0 Å². The molecule has 2 fully saturated rings. The molecule has 1 aliphatic carbocycles. The largest absolute Gasteiger partial charge is 0.351 e. The fourth-order valence-electron chi connectivity index (χ4n) is 3.40. The molecule has 1 saturated carbocycles. The van der Waals surface area contributed by atoms with Crippen molar-refractivity contribution >= 4 is 15.7 Å². The monoisotopic (exact) mass is 303 g/mol. The molecule has 0 radical (unpaired) electrons. The van der Waals surface area contributed by atoms with E-state index in [1.807, 2.05) is 7.05 Å². The van der Waals surface area contributed by atoms with Crippen LogP contribution >= 0.6 is 0 Å². The Bertz CT molecular complexity index is 452. The number of carbonyl (C=O) groups excluding carboxylic acids is 1. The summed E-state index contributed by atoms with van der Waals surface area (Å²) in [5.41, 5.74) is 5.76. The Morgan fingerprint density at radius 3 is 2.70 bits per heavy atom. The average Bonchev–Trinajstić information content (AvgIpc) is 2.95. The van der Waals surface area contributed by atoms with Crippen molar-refractivity contribution in [3.8, 4) is 0 Å². The first kappa shape index (κ1) is 15.7.